The quantitative estimate of drug-likeness (QED) is 0.778. The van der Waals surface area contributed by atoms with Crippen molar-refractivity contribution in [3.05, 3.63) is 10.6 Å². The molecule has 0 aromatic carbocycles. The minimum atomic E-state index is -0.308. The van der Waals surface area contributed by atoms with Gasteiger partial charge in [0.25, 0.3) is 0 Å². The van der Waals surface area contributed by atoms with Crippen molar-refractivity contribution in [3.8, 4) is 0 Å². The molecule has 0 unspecified atom stereocenters. The van der Waals surface area contributed by atoms with Crippen LogP contribution in [0.25, 0.3) is 0 Å². The highest BCUT2D eigenvalue weighted by molar-refractivity contribution is 7.71. The Balaban J connectivity index is 2.08. The molecule has 2 N–H and O–H groups in total. The summed E-state index contributed by atoms with van der Waals surface area (Å²) in [5.41, 5.74) is 5.22. The van der Waals surface area contributed by atoms with Crippen LogP contribution in [0.4, 0.5) is 0 Å². The lowest BCUT2D eigenvalue weighted by atomic mass is 9.94. The van der Waals surface area contributed by atoms with Crippen LogP contribution in [0, 0.1) is 4.77 Å². The Morgan fingerprint density at radius 1 is 1.41 bits per heavy atom. The molecule has 1 aromatic heterocycles. The summed E-state index contributed by atoms with van der Waals surface area (Å²) in [6.45, 7) is 3.92. The molecule has 6 nitrogen and oxygen atoms in total. The second-order valence-electron chi connectivity index (χ2n) is 6.06. The monoisotopic (exact) mass is 325 g/mol. The van der Waals surface area contributed by atoms with Gasteiger partial charge in [0.1, 0.15) is 5.82 Å². The van der Waals surface area contributed by atoms with E-state index in [0.717, 1.165) is 19.0 Å². The molecule has 0 atom stereocenters. The molecule has 1 heterocycles. The van der Waals surface area contributed by atoms with Gasteiger partial charge in [0.05, 0.1) is 6.67 Å². The lowest BCUT2D eigenvalue weighted by Gasteiger charge is -2.33. The van der Waals surface area contributed by atoms with E-state index in [1.807, 2.05) is 16.3 Å². The largest absolute Gasteiger partial charge is 0.370 e. The minimum absolute atomic E-state index is 0.305. The summed E-state index contributed by atoms with van der Waals surface area (Å²) in [7, 11) is 1.90. The smallest absolute Gasteiger partial charge is 0.217 e. The van der Waals surface area contributed by atoms with E-state index in [9.17, 15) is 4.79 Å². The molecular formula is C15H27N5OS. The third-order valence-corrected chi connectivity index (χ3v) is 5.02. The van der Waals surface area contributed by atoms with Gasteiger partial charge < -0.3 is 10.3 Å². The summed E-state index contributed by atoms with van der Waals surface area (Å²) in [4.78, 5) is 13.4. The molecule has 7 heteroatoms. The van der Waals surface area contributed by atoms with Crippen LogP contribution in [0.5, 0.6) is 0 Å². The predicted molar refractivity (Wildman–Crippen MR) is 88.8 cm³/mol. The zero-order valence-electron chi connectivity index (χ0n) is 13.6. The van der Waals surface area contributed by atoms with Gasteiger partial charge in [-0.3, -0.25) is 9.69 Å². The zero-order chi connectivity index (χ0) is 16.1. The van der Waals surface area contributed by atoms with E-state index in [1.54, 1.807) is 0 Å². The van der Waals surface area contributed by atoms with E-state index in [1.165, 1.54) is 32.1 Å². The number of aryl methyl sites for hydroxylation is 1. The second kappa shape index (κ2) is 7.87. The fraction of sp³-hybridized carbons (Fsp3) is 0.800. The Morgan fingerprint density at radius 2 is 2.09 bits per heavy atom. The molecule has 124 valence electrons. The maximum atomic E-state index is 11.0. The summed E-state index contributed by atoms with van der Waals surface area (Å²) in [6, 6.07) is 0.636. The number of amides is 1. The molecule has 1 aliphatic rings. The van der Waals surface area contributed by atoms with Gasteiger partial charge >= 0.3 is 0 Å². The predicted octanol–water partition coefficient (Wildman–Crippen LogP) is 1.98. The number of hydrogen-bond donors (Lipinski definition) is 1. The number of nitrogens with zero attached hydrogens (tertiary/aromatic N) is 4. The Hall–Kier alpha value is -1.21. The van der Waals surface area contributed by atoms with Gasteiger partial charge in [0, 0.05) is 25.9 Å². The van der Waals surface area contributed by atoms with Gasteiger partial charge in [0.2, 0.25) is 5.91 Å². The van der Waals surface area contributed by atoms with Crippen LogP contribution < -0.4 is 5.73 Å². The summed E-state index contributed by atoms with van der Waals surface area (Å²) in [6.07, 6.45) is 7.37. The summed E-state index contributed by atoms with van der Waals surface area (Å²) < 4.78 is 4.46. The van der Waals surface area contributed by atoms with E-state index >= 15 is 0 Å². The van der Waals surface area contributed by atoms with E-state index in [-0.39, 0.29) is 5.91 Å². The summed E-state index contributed by atoms with van der Waals surface area (Å²) in [5.74, 6) is 0.515. The highest BCUT2D eigenvalue weighted by Crippen LogP contribution is 2.22. The molecule has 0 aliphatic heterocycles. The Morgan fingerprint density at radius 3 is 2.68 bits per heavy atom. The van der Waals surface area contributed by atoms with Crippen molar-refractivity contribution in [1.82, 2.24) is 19.2 Å². The van der Waals surface area contributed by atoms with E-state index < -0.39 is 0 Å². The number of hydrogen-bond acceptors (Lipinski definition) is 4. The fourth-order valence-electron chi connectivity index (χ4n) is 3.17. The maximum Gasteiger partial charge on any atom is 0.217 e. The third-order valence-electron chi connectivity index (χ3n) is 4.54. The van der Waals surface area contributed by atoms with Crippen molar-refractivity contribution in [2.24, 2.45) is 12.8 Å². The van der Waals surface area contributed by atoms with E-state index in [2.05, 4.69) is 16.9 Å². The Kier molecular flexibility index (Phi) is 6.14. The molecule has 2 rings (SSSR count). The van der Waals surface area contributed by atoms with Gasteiger partial charge in [-0.2, -0.15) is 5.10 Å². The number of aromatic nitrogens is 3. The molecule has 1 saturated carbocycles. The molecule has 0 spiro atoms. The fourth-order valence-corrected chi connectivity index (χ4v) is 3.37. The van der Waals surface area contributed by atoms with Gasteiger partial charge in [-0.15, -0.1) is 0 Å². The van der Waals surface area contributed by atoms with Crippen LogP contribution in [0.3, 0.4) is 0 Å². The number of rotatable bonds is 7. The van der Waals surface area contributed by atoms with Gasteiger partial charge in [-0.05, 0) is 31.6 Å². The first-order valence-corrected chi connectivity index (χ1v) is 8.58. The lowest BCUT2D eigenvalue weighted by molar-refractivity contribution is -0.118. The van der Waals surface area contributed by atoms with E-state index in [0.29, 0.717) is 23.7 Å². The average molecular weight is 325 g/mol. The van der Waals surface area contributed by atoms with Crippen LogP contribution in [0.15, 0.2) is 0 Å². The topological polar surface area (TPSA) is 69.1 Å². The van der Waals surface area contributed by atoms with Crippen molar-refractivity contribution in [3.63, 3.8) is 0 Å². The Labute approximate surface area is 137 Å². The molecule has 1 aliphatic carbocycles. The van der Waals surface area contributed by atoms with Crippen LogP contribution in [-0.2, 0) is 24.9 Å². The summed E-state index contributed by atoms with van der Waals surface area (Å²) in [5, 5.41) is 4.59. The zero-order valence-corrected chi connectivity index (χ0v) is 14.4. The van der Waals surface area contributed by atoms with Crippen LogP contribution >= 0.6 is 12.2 Å². The first kappa shape index (κ1) is 17.1. The standard InChI is InChI=1S/C15H27N5OS/c1-3-19(12-7-5-4-6-8-12)11-20-15(22)18(2)14(17-20)10-9-13(16)21/h12H,3-11H2,1-2H3,(H2,16,21). The second-order valence-corrected chi connectivity index (χ2v) is 6.43. The molecule has 22 heavy (non-hydrogen) atoms. The van der Waals surface area contributed by atoms with Crippen LogP contribution in [-0.4, -0.2) is 37.7 Å². The molecule has 1 amide bonds. The normalized spacial score (nSPS) is 16.3. The number of primary amides is 1. The highest BCUT2D eigenvalue weighted by Gasteiger charge is 2.21. The molecule has 1 fully saturated rings. The average Bonchev–Trinajstić information content (AvgIpc) is 2.79. The van der Waals surface area contributed by atoms with Crippen molar-refractivity contribution in [1.29, 1.82) is 0 Å². The maximum absolute atomic E-state index is 11.0. The van der Waals surface area contributed by atoms with Gasteiger partial charge in [-0.1, -0.05) is 26.2 Å². The molecular weight excluding hydrogens is 298 g/mol. The van der Waals surface area contributed by atoms with E-state index in [4.69, 9.17) is 18.0 Å². The highest BCUT2D eigenvalue weighted by atomic mass is 32.1. The van der Waals surface area contributed by atoms with Crippen molar-refractivity contribution >= 4 is 18.1 Å². The van der Waals surface area contributed by atoms with Crippen LogP contribution in [0.1, 0.15) is 51.3 Å². The first-order chi connectivity index (χ1) is 10.5. The van der Waals surface area contributed by atoms with Crippen molar-refractivity contribution in [2.75, 3.05) is 6.54 Å². The number of carbonyl (C=O) groups excluding carboxylic acids is 1. The third kappa shape index (κ3) is 4.16. The van der Waals surface area contributed by atoms with Gasteiger partial charge in [-0.25, -0.2) is 4.68 Å². The lowest BCUT2D eigenvalue weighted by Crippen LogP contribution is -2.38. The van der Waals surface area contributed by atoms with Crippen molar-refractivity contribution in [2.45, 2.75) is 64.6 Å². The number of carbonyl (C=O) groups is 1. The molecule has 0 saturated heterocycles. The first-order valence-electron chi connectivity index (χ1n) is 8.18. The van der Waals surface area contributed by atoms with Crippen LogP contribution in [0.2, 0.25) is 0 Å². The SMILES string of the molecule is CCN(Cn1nc(CCC(N)=O)n(C)c1=S)C1CCCCC1. The van der Waals surface area contributed by atoms with Crippen molar-refractivity contribution < 1.29 is 4.79 Å². The Bertz CT molecular complexity index is 559. The molecule has 0 radical (unpaired) electrons. The minimum Gasteiger partial charge on any atom is -0.370 e. The van der Waals surface area contributed by atoms with Gasteiger partial charge in [0.15, 0.2) is 4.77 Å². The number of nitrogens with two attached hydrogens (primary N) is 1. The molecule has 0 bridgehead atoms. The summed E-state index contributed by atoms with van der Waals surface area (Å²) >= 11 is 5.48. The molecule has 1 aromatic rings.